The van der Waals surface area contributed by atoms with E-state index in [0.29, 0.717) is 5.69 Å². The molecular weight excluding hydrogens is 355 g/mol. The van der Waals surface area contributed by atoms with Crippen LogP contribution in [0.4, 0.5) is 18.9 Å². The maximum atomic E-state index is 13.8. The lowest BCUT2D eigenvalue weighted by Gasteiger charge is -2.27. The standard InChI is InChI=1S/C17H22F3NO5/c1-5-25-15(23)13(16(24)26-6-2)14(17(18,19)20)11-8-7-10(21(3)4)9-12(11)22/h7-9,13-14,22H,5-6H2,1-4H3/t14-/m0/s1. The van der Waals surface area contributed by atoms with E-state index in [-0.39, 0.29) is 13.2 Å². The van der Waals surface area contributed by atoms with E-state index >= 15 is 0 Å². The first-order valence-electron chi connectivity index (χ1n) is 7.94. The number of carbonyl (C=O) groups excluding carboxylic acids is 2. The molecule has 1 N–H and O–H groups in total. The van der Waals surface area contributed by atoms with Crippen LogP contribution in [0.1, 0.15) is 25.3 Å². The second kappa shape index (κ2) is 8.77. The predicted octanol–water partition coefficient (Wildman–Crippen LogP) is 2.85. The minimum Gasteiger partial charge on any atom is -0.508 e. The Morgan fingerprint density at radius 2 is 1.62 bits per heavy atom. The van der Waals surface area contributed by atoms with E-state index in [1.54, 1.807) is 19.0 Å². The lowest BCUT2D eigenvalue weighted by molar-refractivity contribution is -0.189. The number of ether oxygens (including phenoxy) is 2. The van der Waals surface area contributed by atoms with Gasteiger partial charge in [0.15, 0.2) is 5.92 Å². The Kier molecular flexibility index (Phi) is 7.29. The van der Waals surface area contributed by atoms with Crippen molar-refractivity contribution in [2.45, 2.75) is 25.9 Å². The number of carbonyl (C=O) groups is 2. The van der Waals surface area contributed by atoms with E-state index in [9.17, 15) is 27.9 Å². The van der Waals surface area contributed by atoms with Gasteiger partial charge in [-0.2, -0.15) is 13.2 Å². The summed E-state index contributed by atoms with van der Waals surface area (Å²) >= 11 is 0. The van der Waals surface area contributed by atoms with E-state index in [1.807, 2.05) is 0 Å². The fraction of sp³-hybridized carbons (Fsp3) is 0.529. The van der Waals surface area contributed by atoms with Crippen LogP contribution >= 0.6 is 0 Å². The van der Waals surface area contributed by atoms with Gasteiger partial charge >= 0.3 is 18.1 Å². The Morgan fingerprint density at radius 3 is 1.96 bits per heavy atom. The molecule has 1 atom stereocenters. The molecule has 146 valence electrons. The summed E-state index contributed by atoms with van der Waals surface area (Å²) in [6.07, 6.45) is -5.00. The van der Waals surface area contributed by atoms with Crippen LogP contribution in [0.15, 0.2) is 18.2 Å². The molecule has 0 fully saturated rings. The second-order valence-corrected chi connectivity index (χ2v) is 5.64. The normalized spacial score (nSPS) is 12.6. The molecule has 0 saturated heterocycles. The second-order valence-electron chi connectivity index (χ2n) is 5.64. The summed E-state index contributed by atoms with van der Waals surface area (Å²) in [5, 5.41) is 10.1. The van der Waals surface area contributed by atoms with Crippen molar-refractivity contribution in [3.8, 4) is 5.75 Å². The third-order valence-electron chi connectivity index (χ3n) is 3.63. The van der Waals surface area contributed by atoms with Gasteiger partial charge in [-0.15, -0.1) is 0 Å². The van der Waals surface area contributed by atoms with Crippen molar-refractivity contribution in [3.05, 3.63) is 23.8 Å². The smallest absolute Gasteiger partial charge is 0.397 e. The minimum absolute atomic E-state index is 0.204. The number of hydrogen-bond donors (Lipinski definition) is 1. The number of aromatic hydroxyl groups is 1. The van der Waals surface area contributed by atoms with Crippen LogP contribution in [0.25, 0.3) is 0 Å². The van der Waals surface area contributed by atoms with Gasteiger partial charge < -0.3 is 19.5 Å². The zero-order chi connectivity index (χ0) is 20.1. The first-order valence-corrected chi connectivity index (χ1v) is 7.94. The molecular formula is C17H22F3NO5. The highest BCUT2D eigenvalue weighted by Gasteiger charge is 2.54. The number of anilines is 1. The highest BCUT2D eigenvalue weighted by Crippen LogP contribution is 2.45. The summed E-state index contributed by atoms with van der Waals surface area (Å²) in [6.45, 7) is 2.41. The molecule has 1 aromatic carbocycles. The monoisotopic (exact) mass is 377 g/mol. The van der Waals surface area contributed by atoms with E-state index < -0.39 is 41.3 Å². The largest absolute Gasteiger partial charge is 0.508 e. The van der Waals surface area contributed by atoms with Crippen molar-refractivity contribution in [2.24, 2.45) is 5.92 Å². The van der Waals surface area contributed by atoms with Crippen molar-refractivity contribution in [1.29, 1.82) is 0 Å². The molecule has 1 aromatic rings. The molecule has 0 aromatic heterocycles. The van der Waals surface area contributed by atoms with Gasteiger partial charge in [-0.1, -0.05) is 6.07 Å². The maximum absolute atomic E-state index is 13.8. The third-order valence-corrected chi connectivity index (χ3v) is 3.63. The molecule has 0 unspecified atom stereocenters. The number of esters is 2. The number of phenolic OH excluding ortho intramolecular Hbond substituents is 1. The first-order chi connectivity index (χ1) is 12.0. The average Bonchev–Trinajstić information content (AvgIpc) is 2.52. The SMILES string of the molecule is CCOC(=O)C(C(=O)OCC)[C@H](c1ccc(N(C)C)cc1O)C(F)(F)F. The number of phenols is 1. The van der Waals surface area contributed by atoms with Crippen LogP contribution in [0.2, 0.25) is 0 Å². The van der Waals surface area contributed by atoms with E-state index in [0.717, 1.165) is 12.1 Å². The number of rotatable bonds is 7. The maximum Gasteiger partial charge on any atom is 0.397 e. The van der Waals surface area contributed by atoms with Crippen LogP contribution in [0.3, 0.4) is 0 Å². The summed E-state index contributed by atoms with van der Waals surface area (Å²) < 4.78 is 50.6. The molecule has 26 heavy (non-hydrogen) atoms. The molecule has 0 aliphatic heterocycles. The zero-order valence-corrected chi connectivity index (χ0v) is 15.0. The fourth-order valence-electron chi connectivity index (χ4n) is 2.45. The van der Waals surface area contributed by atoms with Gasteiger partial charge in [-0.05, 0) is 19.9 Å². The molecule has 0 saturated carbocycles. The molecule has 1 rings (SSSR count). The van der Waals surface area contributed by atoms with Crippen LogP contribution < -0.4 is 4.90 Å². The third kappa shape index (κ3) is 5.03. The van der Waals surface area contributed by atoms with E-state index in [2.05, 4.69) is 9.47 Å². The molecule has 0 spiro atoms. The van der Waals surface area contributed by atoms with Crippen molar-refractivity contribution in [3.63, 3.8) is 0 Å². The summed E-state index contributed by atoms with van der Waals surface area (Å²) in [5.74, 6) is -8.27. The van der Waals surface area contributed by atoms with Crippen LogP contribution in [0.5, 0.6) is 5.75 Å². The predicted molar refractivity (Wildman–Crippen MR) is 88.0 cm³/mol. The van der Waals surface area contributed by atoms with Gasteiger partial charge in [-0.3, -0.25) is 9.59 Å². The fourth-order valence-corrected chi connectivity index (χ4v) is 2.45. The Bertz CT molecular complexity index is 628. The van der Waals surface area contributed by atoms with Gasteiger partial charge in [0.05, 0.1) is 13.2 Å². The molecule has 0 aliphatic carbocycles. The molecule has 0 bridgehead atoms. The molecule has 0 amide bonds. The Morgan fingerprint density at radius 1 is 1.12 bits per heavy atom. The molecule has 0 radical (unpaired) electrons. The molecule has 0 aliphatic rings. The number of hydrogen-bond acceptors (Lipinski definition) is 6. The highest BCUT2D eigenvalue weighted by atomic mass is 19.4. The lowest BCUT2D eigenvalue weighted by atomic mass is 9.84. The minimum atomic E-state index is -5.00. The Balaban J connectivity index is 3.50. The van der Waals surface area contributed by atoms with Crippen LogP contribution in [-0.4, -0.2) is 50.5 Å². The van der Waals surface area contributed by atoms with E-state index in [4.69, 9.17) is 0 Å². The number of alkyl halides is 3. The van der Waals surface area contributed by atoms with E-state index in [1.165, 1.54) is 19.9 Å². The lowest BCUT2D eigenvalue weighted by Crippen LogP contribution is -2.40. The zero-order valence-electron chi connectivity index (χ0n) is 15.0. The van der Waals surface area contributed by atoms with Crippen molar-refractivity contribution in [2.75, 3.05) is 32.2 Å². The van der Waals surface area contributed by atoms with Crippen LogP contribution in [0, 0.1) is 5.92 Å². The van der Waals surface area contributed by atoms with Crippen molar-refractivity contribution < 1.29 is 37.3 Å². The number of halogens is 3. The number of benzene rings is 1. The molecule has 9 heteroatoms. The first kappa shape index (κ1) is 21.6. The summed E-state index contributed by atoms with van der Waals surface area (Å²) in [7, 11) is 3.30. The van der Waals surface area contributed by atoms with Crippen LogP contribution in [-0.2, 0) is 19.1 Å². The van der Waals surface area contributed by atoms with Gasteiger partial charge in [0.1, 0.15) is 11.7 Å². The van der Waals surface area contributed by atoms with Gasteiger partial charge in [-0.25, -0.2) is 0 Å². The Hall–Kier alpha value is -2.45. The highest BCUT2D eigenvalue weighted by molar-refractivity contribution is 5.96. The van der Waals surface area contributed by atoms with Crippen molar-refractivity contribution >= 4 is 17.6 Å². The average molecular weight is 377 g/mol. The topological polar surface area (TPSA) is 76.1 Å². The summed E-state index contributed by atoms with van der Waals surface area (Å²) in [6, 6.07) is 3.51. The summed E-state index contributed by atoms with van der Waals surface area (Å²) in [4.78, 5) is 25.8. The summed E-state index contributed by atoms with van der Waals surface area (Å²) in [5.41, 5.74) is -0.148. The quantitative estimate of drug-likeness (QED) is 0.582. The van der Waals surface area contributed by atoms with Gasteiger partial charge in [0.2, 0.25) is 0 Å². The Labute approximate surface area is 149 Å². The number of nitrogens with zero attached hydrogens (tertiary/aromatic N) is 1. The van der Waals surface area contributed by atoms with Gasteiger partial charge in [0, 0.05) is 31.4 Å². The van der Waals surface area contributed by atoms with Gasteiger partial charge in [0.25, 0.3) is 0 Å². The molecule has 0 heterocycles. The molecule has 6 nitrogen and oxygen atoms in total. The van der Waals surface area contributed by atoms with Crippen molar-refractivity contribution in [1.82, 2.24) is 0 Å².